The Morgan fingerprint density at radius 2 is 0.727 bits per heavy atom. The highest BCUT2D eigenvalue weighted by molar-refractivity contribution is 6.32. The van der Waals surface area contributed by atoms with Gasteiger partial charge in [0, 0.05) is 65.8 Å². The van der Waals surface area contributed by atoms with Crippen molar-refractivity contribution in [1.82, 2.24) is 8.80 Å². The number of halogens is 2. The predicted octanol–water partition coefficient (Wildman–Crippen LogP) is 17.5. The summed E-state index contributed by atoms with van der Waals surface area (Å²) in [6.45, 7) is 8.83. The van der Waals surface area contributed by atoms with Gasteiger partial charge in [0.25, 0.3) is 0 Å². The summed E-state index contributed by atoms with van der Waals surface area (Å²) in [4.78, 5) is 4.58. The van der Waals surface area contributed by atoms with Crippen LogP contribution in [0.5, 0.6) is 0 Å². The molecule has 13 aromatic rings. The van der Waals surface area contributed by atoms with E-state index in [0.29, 0.717) is 22.9 Å². The van der Waals surface area contributed by atoms with Gasteiger partial charge in [0.1, 0.15) is 11.6 Å². The van der Waals surface area contributed by atoms with Crippen LogP contribution in [-0.2, 0) is 0 Å². The van der Waals surface area contributed by atoms with E-state index in [1.165, 1.54) is 11.1 Å². The van der Waals surface area contributed by atoms with E-state index in [0.717, 1.165) is 99.3 Å². The summed E-state index contributed by atoms with van der Waals surface area (Å²) in [6.07, 6.45) is 0. The molecule has 0 aliphatic heterocycles. The number of nitrogens with zero attached hydrogens (tertiary/aromatic N) is 4. The third-order valence-corrected chi connectivity index (χ3v) is 14.0. The summed E-state index contributed by atoms with van der Waals surface area (Å²) in [5, 5.41) is 7.62. The second kappa shape index (κ2) is 14.3. The van der Waals surface area contributed by atoms with Crippen molar-refractivity contribution in [2.45, 2.75) is 39.5 Å². The SMILES string of the molecule is CC(C)c1ccc(N(c2ccccc2)c2ccc3c4cc5c(cc4n4c6c(F)cccc6c2c34)c2ccc(N(c3ccccc3)c3ccc(C(C)C)cc3)c3c4cccc(F)c4n5c23)cc1. The molecule has 0 unspecified atom stereocenters. The Labute approximate surface area is 380 Å². The minimum absolute atomic E-state index is 0.282. The topological polar surface area (TPSA) is 15.3 Å². The molecule has 13 rings (SSSR count). The van der Waals surface area contributed by atoms with Gasteiger partial charge >= 0.3 is 0 Å². The zero-order valence-corrected chi connectivity index (χ0v) is 37.0. The van der Waals surface area contributed by atoms with Crippen LogP contribution in [0.1, 0.15) is 50.7 Å². The van der Waals surface area contributed by atoms with E-state index in [9.17, 15) is 0 Å². The lowest BCUT2D eigenvalue weighted by Gasteiger charge is -2.27. The van der Waals surface area contributed by atoms with E-state index >= 15 is 8.78 Å². The molecule has 318 valence electrons. The predicted molar refractivity (Wildman–Crippen MR) is 273 cm³/mol. The Kier molecular flexibility index (Phi) is 8.32. The molecule has 4 aromatic heterocycles. The van der Waals surface area contributed by atoms with Crippen molar-refractivity contribution >= 4 is 110 Å². The molecular formula is C60H44F2N4. The first-order valence-electron chi connectivity index (χ1n) is 22.9. The van der Waals surface area contributed by atoms with Crippen molar-refractivity contribution in [3.63, 3.8) is 0 Å². The molecule has 9 aromatic carbocycles. The van der Waals surface area contributed by atoms with Gasteiger partial charge in [0.2, 0.25) is 0 Å². The molecular weight excluding hydrogens is 815 g/mol. The first kappa shape index (κ1) is 38.5. The Hall–Kier alpha value is -7.96. The van der Waals surface area contributed by atoms with E-state index in [1.54, 1.807) is 12.1 Å². The maximum absolute atomic E-state index is 16.7. The number of rotatable bonds is 8. The Bertz CT molecular complexity index is 3740. The van der Waals surface area contributed by atoms with Gasteiger partial charge < -0.3 is 18.6 Å². The number of anilines is 6. The molecule has 0 spiro atoms. The molecule has 0 radical (unpaired) electrons. The number of para-hydroxylation sites is 4. The van der Waals surface area contributed by atoms with Crippen LogP contribution in [0, 0.1) is 11.6 Å². The third-order valence-electron chi connectivity index (χ3n) is 14.0. The lowest BCUT2D eigenvalue weighted by molar-refractivity contribution is 0.636. The summed E-state index contributed by atoms with van der Waals surface area (Å²) in [7, 11) is 0. The van der Waals surface area contributed by atoms with Crippen LogP contribution in [0.15, 0.2) is 182 Å². The van der Waals surface area contributed by atoms with Crippen molar-refractivity contribution in [2.75, 3.05) is 9.80 Å². The zero-order valence-electron chi connectivity index (χ0n) is 37.0. The highest BCUT2D eigenvalue weighted by Crippen LogP contribution is 2.51. The van der Waals surface area contributed by atoms with Crippen molar-refractivity contribution in [1.29, 1.82) is 0 Å². The van der Waals surface area contributed by atoms with E-state index < -0.39 is 0 Å². The second-order valence-electron chi connectivity index (χ2n) is 18.4. The van der Waals surface area contributed by atoms with Crippen molar-refractivity contribution < 1.29 is 8.78 Å². The monoisotopic (exact) mass is 858 g/mol. The normalized spacial score (nSPS) is 12.4. The smallest absolute Gasteiger partial charge is 0.147 e. The van der Waals surface area contributed by atoms with Gasteiger partial charge in [-0.3, -0.25) is 0 Å². The fourth-order valence-electron chi connectivity index (χ4n) is 11.0. The summed E-state index contributed by atoms with van der Waals surface area (Å²) < 4.78 is 37.7. The highest BCUT2D eigenvalue weighted by Gasteiger charge is 2.29. The first-order chi connectivity index (χ1) is 32.3. The first-order valence-corrected chi connectivity index (χ1v) is 22.9. The number of hydrogen-bond donors (Lipinski definition) is 0. The summed E-state index contributed by atoms with van der Waals surface area (Å²) in [5.41, 5.74) is 13.3. The molecule has 0 saturated carbocycles. The van der Waals surface area contributed by atoms with Crippen LogP contribution < -0.4 is 9.80 Å². The maximum atomic E-state index is 16.7. The maximum Gasteiger partial charge on any atom is 0.147 e. The van der Waals surface area contributed by atoms with Crippen LogP contribution >= 0.6 is 0 Å². The number of benzene rings is 9. The molecule has 4 heterocycles. The number of fused-ring (bicyclic) bond motifs is 12. The molecule has 0 aliphatic carbocycles. The van der Waals surface area contributed by atoms with E-state index in [4.69, 9.17) is 0 Å². The standard InChI is InChI=1S/C60H44F2N4/c1-35(2)37-21-25-41(26-22-37)63(39-13-7-5-8-14-39)51-31-29-43-47-33-54-48(34-53(47)65-57-45(55(51)59(43)65)17-11-19-49(57)61)44-30-32-52(56-46-18-12-20-50(62)58(46)66(54)60(44)56)64(40-15-9-6-10-16-40)42-27-23-38(24-28-42)36(3)4/h5-36H,1-4H3. The minimum atomic E-state index is -0.282. The largest absolute Gasteiger partial charge is 0.310 e. The molecule has 0 N–H and O–H groups in total. The van der Waals surface area contributed by atoms with E-state index in [1.807, 2.05) is 36.4 Å². The van der Waals surface area contributed by atoms with Gasteiger partial charge in [-0.05, 0) is 108 Å². The van der Waals surface area contributed by atoms with Crippen molar-refractivity contribution in [3.05, 3.63) is 205 Å². The van der Waals surface area contributed by atoms with Gasteiger partial charge in [-0.1, -0.05) is 125 Å². The Balaban J connectivity index is 1.12. The molecule has 4 nitrogen and oxygen atoms in total. The number of aromatic nitrogens is 2. The Morgan fingerprint density at radius 3 is 1.11 bits per heavy atom. The van der Waals surface area contributed by atoms with Crippen LogP contribution in [0.25, 0.3) is 76.2 Å². The quantitative estimate of drug-likeness (QED) is 0.151. The molecule has 6 heteroatoms. The van der Waals surface area contributed by atoms with E-state index in [-0.39, 0.29) is 11.6 Å². The average molecular weight is 859 g/mol. The minimum Gasteiger partial charge on any atom is -0.310 e. The highest BCUT2D eigenvalue weighted by atomic mass is 19.1. The van der Waals surface area contributed by atoms with Crippen LogP contribution in [0.4, 0.5) is 42.9 Å². The lowest BCUT2D eigenvalue weighted by Crippen LogP contribution is -2.10. The summed E-state index contributed by atoms with van der Waals surface area (Å²) in [6, 6.07) is 62.4. The van der Waals surface area contributed by atoms with Gasteiger partial charge in [0.15, 0.2) is 0 Å². The summed E-state index contributed by atoms with van der Waals surface area (Å²) in [5.74, 6) is 0.228. The molecule has 0 aliphatic rings. The molecule has 0 atom stereocenters. The van der Waals surface area contributed by atoms with Gasteiger partial charge in [-0.15, -0.1) is 0 Å². The van der Waals surface area contributed by atoms with E-state index in [2.05, 4.69) is 180 Å². The molecule has 0 fully saturated rings. The van der Waals surface area contributed by atoms with Crippen LogP contribution in [0.2, 0.25) is 0 Å². The van der Waals surface area contributed by atoms with Crippen molar-refractivity contribution in [3.8, 4) is 0 Å². The zero-order chi connectivity index (χ0) is 44.5. The lowest BCUT2D eigenvalue weighted by atomic mass is 10.0. The van der Waals surface area contributed by atoms with Crippen LogP contribution in [0.3, 0.4) is 0 Å². The van der Waals surface area contributed by atoms with Gasteiger partial charge in [0.05, 0.1) is 44.5 Å². The fourth-order valence-corrected chi connectivity index (χ4v) is 11.0. The molecule has 0 bridgehead atoms. The fraction of sp³-hybridized carbons (Fsp3) is 0.100. The Morgan fingerprint density at radius 1 is 0.348 bits per heavy atom. The van der Waals surface area contributed by atoms with Gasteiger partial charge in [-0.2, -0.15) is 0 Å². The molecule has 66 heavy (non-hydrogen) atoms. The number of hydrogen-bond acceptors (Lipinski definition) is 2. The molecule has 0 amide bonds. The molecule has 0 saturated heterocycles. The summed E-state index contributed by atoms with van der Waals surface area (Å²) >= 11 is 0. The van der Waals surface area contributed by atoms with Crippen LogP contribution in [-0.4, -0.2) is 8.80 Å². The third kappa shape index (κ3) is 5.36. The second-order valence-corrected chi connectivity index (χ2v) is 18.4. The van der Waals surface area contributed by atoms with Crippen molar-refractivity contribution in [2.24, 2.45) is 0 Å². The van der Waals surface area contributed by atoms with Gasteiger partial charge in [-0.25, -0.2) is 8.78 Å². The average Bonchev–Trinajstić information content (AvgIpc) is 4.07.